The minimum absolute atomic E-state index is 0.00680. The summed E-state index contributed by atoms with van der Waals surface area (Å²) in [5, 5.41) is 0. The van der Waals surface area contributed by atoms with Crippen molar-refractivity contribution in [2.75, 3.05) is 5.52 Å². The zero-order chi connectivity index (χ0) is 11.5. The molecule has 0 aromatic heterocycles. The van der Waals surface area contributed by atoms with Gasteiger partial charge in [0.1, 0.15) is 5.52 Å². The predicted molar refractivity (Wildman–Crippen MR) is 50.7 cm³/mol. The smallest absolute Gasteiger partial charge is 0.416 e. The van der Waals surface area contributed by atoms with Crippen LogP contribution in [0.15, 0.2) is 24.3 Å². The van der Waals surface area contributed by atoms with E-state index in [9.17, 15) is 18.0 Å². The molecule has 0 spiro atoms. The lowest BCUT2D eigenvalue weighted by Crippen LogP contribution is -2.07. The maximum atomic E-state index is 12.1. The maximum absolute atomic E-state index is 12.1. The van der Waals surface area contributed by atoms with Crippen molar-refractivity contribution in [1.29, 1.82) is 0 Å². The van der Waals surface area contributed by atoms with Crippen LogP contribution in [0.2, 0.25) is 0 Å². The highest BCUT2D eigenvalue weighted by molar-refractivity contribution is 9.09. The zero-order valence-corrected chi connectivity index (χ0v) is 8.93. The SMILES string of the molecule is O=C(OCBr)c1ccc(C(F)(F)F)cc1. The first-order valence-electron chi connectivity index (χ1n) is 3.85. The second kappa shape index (κ2) is 4.65. The molecule has 0 unspecified atom stereocenters. The Morgan fingerprint density at radius 1 is 1.27 bits per heavy atom. The molecule has 0 aliphatic heterocycles. The standard InChI is InChI=1S/C9H6BrF3O2/c10-5-15-8(14)6-1-3-7(4-2-6)9(11,12)13/h1-4H,5H2. The molecule has 0 atom stereocenters. The van der Waals surface area contributed by atoms with Crippen molar-refractivity contribution in [3.05, 3.63) is 35.4 Å². The summed E-state index contributed by atoms with van der Waals surface area (Å²) in [5.74, 6) is -0.666. The molecule has 1 aromatic carbocycles. The Morgan fingerprint density at radius 2 is 1.80 bits per heavy atom. The van der Waals surface area contributed by atoms with Crippen molar-refractivity contribution >= 4 is 21.9 Å². The van der Waals surface area contributed by atoms with Crippen LogP contribution < -0.4 is 0 Å². The van der Waals surface area contributed by atoms with Crippen LogP contribution in [0, 0.1) is 0 Å². The Kier molecular flexibility index (Phi) is 3.73. The number of carbonyl (C=O) groups excluding carboxylic acids is 1. The number of ether oxygens (including phenoxy) is 1. The lowest BCUT2D eigenvalue weighted by molar-refractivity contribution is -0.137. The zero-order valence-electron chi connectivity index (χ0n) is 7.34. The summed E-state index contributed by atoms with van der Waals surface area (Å²) < 4.78 is 41.0. The summed E-state index contributed by atoms with van der Waals surface area (Å²) in [7, 11) is 0. The Labute approximate surface area is 92.2 Å². The number of halogens is 4. The molecule has 0 aliphatic rings. The van der Waals surface area contributed by atoms with Gasteiger partial charge in [0, 0.05) is 0 Å². The molecule has 0 saturated heterocycles. The molecule has 0 fully saturated rings. The molecule has 0 radical (unpaired) electrons. The fourth-order valence-electron chi connectivity index (χ4n) is 0.928. The summed E-state index contributed by atoms with van der Waals surface area (Å²) in [6.45, 7) is 0. The average Bonchev–Trinajstić information content (AvgIpc) is 2.17. The number of benzene rings is 1. The largest absolute Gasteiger partial charge is 0.450 e. The lowest BCUT2D eigenvalue weighted by Gasteiger charge is -2.06. The topological polar surface area (TPSA) is 26.3 Å². The molecule has 0 bridgehead atoms. The number of esters is 1. The van der Waals surface area contributed by atoms with Gasteiger partial charge in [-0.1, -0.05) is 0 Å². The Balaban J connectivity index is 2.86. The average molecular weight is 283 g/mol. The van der Waals surface area contributed by atoms with E-state index in [1.165, 1.54) is 0 Å². The molecule has 2 nitrogen and oxygen atoms in total. The Bertz CT molecular complexity index is 345. The third-order valence-corrected chi connectivity index (χ3v) is 1.86. The number of hydrogen-bond donors (Lipinski definition) is 0. The van der Waals surface area contributed by atoms with Crippen LogP contribution in [0.4, 0.5) is 13.2 Å². The first kappa shape index (κ1) is 12.0. The van der Waals surface area contributed by atoms with Crippen LogP contribution in [-0.4, -0.2) is 11.5 Å². The van der Waals surface area contributed by atoms with Crippen molar-refractivity contribution in [2.45, 2.75) is 6.18 Å². The second-order valence-electron chi connectivity index (χ2n) is 2.62. The minimum atomic E-state index is -4.39. The maximum Gasteiger partial charge on any atom is 0.416 e. The van der Waals surface area contributed by atoms with Gasteiger partial charge in [0.15, 0.2) is 0 Å². The van der Waals surface area contributed by atoms with Crippen molar-refractivity contribution in [3.8, 4) is 0 Å². The fourth-order valence-corrected chi connectivity index (χ4v) is 1.14. The molecule has 1 rings (SSSR count). The molecular formula is C9H6BrF3O2. The van der Waals surface area contributed by atoms with Gasteiger partial charge < -0.3 is 4.74 Å². The van der Waals surface area contributed by atoms with E-state index in [2.05, 4.69) is 20.7 Å². The molecule has 6 heteroatoms. The number of alkyl halides is 4. The summed E-state index contributed by atoms with van der Waals surface area (Å²) >= 11 is 2.87. The third-order valence-electron chi connectivity index (χ3n) is 1.63. The molecular weight excluding hydrogens is 277 g/mol. The van der Waals surface area contributed by atoms with Gasteiger partial charge in [0.25, 0.3) is 0 Å². The van der Waals surface area contributed by atoms with Gasteiger partial charge in [-0.25, -0.2) is 4.79 Å². The van der Waals surface area contributed by atoms with Crippen molar-refractivity contribution < 1.29 is 22.7 Å². The highest BCUT2D eigenvalue weighted by atomic mass is 79.9. The van der Waals surface area contributed by atoms with E-state index in [-0.39, 0.29) is 11.1 Å². The van der Waals surface area contributed by atoms with Crippen LogP contribution in [0.1, 0.15) is 15.9 Å². The van der Waals surface area contributed by atoms with Crippen LogP contribution in [0.5, 0.6) is 0 Å². The molecule has 0 heterocycles. The highest BCUT2D eigenvalue weighted by Gasteiger charge is 2.30. The molecule has 0 amide bonds. The molecule has 0 saturated carbocycles. The first-order chi connectivity index (χ1) is 6.95. The third kappa shape index (κ3) is 3.23. The van der Waals surface area contributed by atoms with E-state index in [1.54, 1.807) is 0 Å². The van der Waals surface area contributed by atoms with Crippen LogP contribution in [-0.2, 0) is 10.9 Å². The van der Waals surface area contributed by atoms with E-state index < -0.39 is 17.7 Å². The molecule has 0 aliphatic carbocycles. The summed E-state index contributed by atoms with van der Waals surface area (Å²) in [6, 6.07) is 3.83. The van der Waals surface area contributed by atoms with E-state index in [4.69, 9.17) is 0 Å². The number of hydrogen-bond acceptors (Lipinski definition) is 2. The van der Waals surface area contributed by atoms with Crippen molar-refractivity contribution in [2.24, 2.45) is 0 Å². The Morgan fingerprint density at radius 3 is 2.20 bits per heavy atom. The van der Waals surface area contributed by atoms with Gasteiger partial charge in [0.2, 0.25) is 0 Å². The molecule has 82 valence electrons. The summed E-state index contributed by atoms with van der Waals surface area (Å²) in [6.07, 6.45) is -4.39. The highest BCUT2D eigenvalue weighted by Crippen LogP contribution is 2.29. The van der Waals surface area contributed by atoms with E-state index in [0.717, 1.165) is 24.3 Å². The predicted octanol–water partition coefficient (Wildman–Crippen LogP) is 3.21. The van der Waals surface area contributed by atoms with E-state index in [0.29, 0.717) is 0 Å². The fraction of sp³-hybridized carbons (Fsp3) is 0.222. The summed E-state index contributed by atoms with van der Waals surface area (Å²) in [5.41, 5.74) is -0.701. The van der Waals surface area contributed by atoms with Gasteiger partial charge >= 0.3 is 12.1 Å². The normalized spacial score (nSPS) is 11.2. The molecule has 1 aromatic rings. The minimum Gasteiger partial charge on any atom is -0.450 e. The quantitative estimate of drug-likeness (QED) is 0.615. The molecule has 15 heavy (non-hydrogen) atoms. The summed E-state index contributed by atoms with van der Waals surface area (Å²) in [4.78, 5) is 11.1. The lowest BCUT2D eigenvalue weighted by atomic mass is 10.1. The number of rotatable bonds is 2. The van der Waals surface area contributed by atoms with E-state index in [1.807, 2.05) is 0 Å². The van der Waals surface area contributed by atoms with Crippen LogP contribution in [0.3, 0.4) is 0 Å². The molecule has 0 N–H and O–H groups in total. The van der Waals surface area contributed by atoms with Crippen molar-refractivity contribution in [1.82, 2.24) is 0 Å². The van der Waals surface area contributed by atoms with Gasteiger partial charge in [-0.15, -0.1) is 0 Å². The van der Waals surface area contributed by atoms with Crippen LogP contribution >= 0.6 is 15.9 Å². The number of carbonyl (C=O) groups is 1. The van der Waals surface area contributed by atoms with Gasteiger partial charge in [-0.2, -0.15) is 13.2 Å². The van der Waals surface area contributed by atoms with Crippen molar-refractivity contribution in [3.63, 3.8) is 0 Å². The second-order valence-corrected chi connectivity index (χ2v) is 3.07. The van der Waals surface area contributed by atoms with E-state index >= 15 is 0 Å². The first-order valence-corrected chi connectivity index (χ1v) is 4.97. The van der Waals surface area contributed by atoms with Gasteiger partial charge in [-0.3, -0.25) is 0 Å². The monoisotopic (exact) mass is 282 g/mol. The Hall–Kier alpha value is -1.04. The van der Waals surface area contributed by atoms with Crippen LogP contribution in [0.25, 0.3) is 0 Å². The van der Waals surface area contributed by atoms with Gasteiger partial charge in [0.05, 0.1) is 11.1 Å². The van der Waals surface area contributed by atoms with Gasteiger partial charge in [-0.05, 0) is 40.2 Å².